The van der Waals surface area contributed by atoms with Gasteiger partial charge in [-0.2, -0.15) is 0 Å². The minimum absolute atomic E-state index is 0.103. The van der Waals surface area contributed by atoms with Gasteiger partial charge in [-0.3, -0.25) is 4.79 Å². The van der Waals surface area contributed by atoms with Crippen molar-refractivity contribution in [2.24, 2.45) is 5.92 Å². The van der Waals surface area contributed by atoms with Crippen molar-refractivity contribution in [2.75, 3.05) is 13.2 Å². The van der Waals surface area contributed by atoms with E-state index in [1.807, 2.05) is 6.92 Å². The molecule has 0 saturated heterocycles. The van der Waals surface area contributed by atoms with E-state index in [1.54, 1.807) is 6.92 Å². The second kappa shape index (κ2) is 10.7. The Balaban J connectivity index is 3.82. The van der Waals surface area contributed by atoms with Crippen LogP contribution in [0.1, 0.15) is 53.9 Å². The molecule has 1 amide bonds. The zero-order valence-corrected chi connectivity index (χ0v) is 13.4. The molecule has 0 fully saturated rings. The number of carbonyl (C=O) groups excluding carboxylic acids is 2. The Hall–Kier alpha value is -1.10. The highest BCUT2D eigenvalue weighted by atomic mass is 16.6. The van der Waals surface area contributed by atoms with Gasteiger partial charge in [-0.1, -0.05) is 27.2 Å². The lowest BCUT2D eigenvalue weighted by molar-refractivity contribution is -0.159. The number of esters is 1. The number of rotatable bonds is 10. The first-order chi connectivity index (χ1) is 9.36. The standard InChI is InChI=1S/C15H29NO4/c1-6-7-12(4)16-14(17)10-20-15(18)13(5)19-9-8-11(2)3/h11-13H,6-10H2,1-5H3,(H,16,17). The van der Waals surface area contributed by atoms with Crippen molar-refractivity contribution in [3.63, 3.8) is 0 Å². The fourth-order valence-electron chi connectivity index (χ4n) is 1.62. The van der Waals surface area contributed by atoms with E-state index in [4.69, 9.17) is 9.47 Å². The lowest BCUT2D eigenvalue weighted by Crippen LogP contribution is -2.37. The van der Waals surface area contributed by atoms with Crippen LogP contribution in [0, 0.1) is 5.92 Å². The van der Waals surface area contributed by atoms with Gasteiger partial charge in [-0.25, -0.2) is 4.79 Å². The third-order valence-electron chi connectivity index (χ3n) is 2.87. The predicted molar refractivity (Wildman–Crippen MR) is 78.3 cm³/mol. The monoisotopic (exact) mass is 287 g/mol. The Kier molecular flexibility index (Phi) is 10.1. The van der Waals surface area contributed by atoms with Crippen molar-refractivity contribution < 1.29 is 19.1 Å². The highest BCUT2D eigenvalue weighted by Crippen LogP contribution is 2.02. The smallest absolute Gasteiger partial charge is 0.335 e. The van der Waals surface area contributed by atoms with Crippen LogP contribution >= 0.6 is 0 Å². The summed E-state index contributed by atoms with van der Waals surface area (Å²) in [6, 6.07) is 0.103. The fourth-order valence-corrected chi connectivity index (χ4v) is 1.62. The zero-order valence-electron chi connectivity index (χ0n) is 13.4. The predicted octanol–water partition coefficient (Wildman–Crippen LogP) is 2.29. The molecule has 0 aliphatic heterocycles. The molecular formula is C15H29NO4. The minimum Gasteiger partial charge on any atom is -0.454 e. The topological polar surface area (TPSA) is 64.6 Å². The Morgan fingerprint density at radius 3 is 2.30 bits per heavy atom. The molecule has 0 heterocycles. The lowest BCUT2D eigenvalue weighted by atomic mass is 10.1. The van der Waals surface area contributed by atoms with Crippen molar-refractivity contribution in [3.05, 3.63) is 0 Å². The molecule has 0 aromatic carbocycles. The van der Waals surface area contributed by atoms with E-state index < -0.39 is 12.1 Å². The molecule has 118 valence electrons. The van der Waals surface area contributed by atoms with Crippen LogP contribution in [0.4, 0.5) is 0 Å². The van der Waals surface area contributed by atoms with E-state index >= 15 is 0 Å². The summed E-state index contributed by atoms with van der Waals surface area (Å²) in [6.07, 6.45) is 2.18. The van der Waals surface area contributed by atoms with Crippen LogP contribution < -0.4 is 5.32 Å². The summed E-state index contributed by atoms with van der Waals surface area (Å²) < 4.78 is 10.3. The summed E-state index contributed by atoms with van der Waals surface area (Å²) in [6.45, 7) is 10.1. The first kappa shape index (κ1) is 18.9. The average Bonchev–Trinajstić information content (AvgIpc) is 2.35. The molecule has 0 aliphatic rings. The maximum atomic E-state index is 11.6. The molecule has 2 unspecified atom stereocenters. The highest BCUT2D eigenvalue weighted by Gasteiger charge is 2.17. The molecule has 2 atom stereocenters. The SMILES string of the molecule is CCCC(C)NC(=O)COC(=O)C(C)OCCC(C)C. The number of hydrogen-bond acceptors (Lipinski definition) is 4. The van der Waals surface area contributed by atoms with Crippen molar-refractivity contribution in [2.45, 2.75) is 66.0 Å². The summed E-state index contributed by atoms with van der Waals surface area (Å²) in [4.78, 5) is 23.1. The van der Waals surface area contributed by atoms with Crippen LogP contribution in [0.15, 0.2) is 0 Å². The largest absolute Gasteiger partial charge is 0.454 e. The van der Waals surface area contributed by atoms with Crippen LogP contribution in [0.25, 0.3) is 0 Å². The maximum absolute atomic E-state index is 11.6. The van der Waals surface area contributed by atoms with Gasteiger partial charge >= 0.3 is 5.97 Å². The number of carbonyl (C=O) groups is 2. The average molecular weight is 287 g/mol. The molecule has 0 bridgehead atoms. The van der Waals surface area contributed by atoms with Gasteiger partial charge in [0.1, 0.15) is 0 Å². The fraction of sp³-hybridized carbons (Fsp3) is 0.867. The van der Waals surface area contributed by atoms with Crippen LogP contribution in [-0.2, 0) is 19.1 Å². The third kappa shape index (κ3) is 9.78. The quantitative estimate of drug-likeness (QED) is 0.626. The van der Waals surface area contributed by atoms with E-state index in [0.29, 0.717) is 12.5 Å². The van der Waals surface area contributed by atoms with Gasteiger partial charge in [0.2, 0.25) is 0 Å². The highest BCUT2D eigenvalue weighted by molar-refractivity contribution is 5.81. The Morgan fingerprint density at radius 1 is 1.10 bits per heavy atom. The Morgan fingerprint density at radius 2 is 1.75 bits per heavy atom. The van der Waals surface area contributed by atoms with Gasteiger partial charge in [0.05, 0.1) is 0 Å². The molecule has 20 heavy (non-hydrogen) atoms. The van der Waals surface area contributed by atoms with Gasteiger partial charge < -0.3 is 14.8 Å². The van der Waals surface area contributed by atoms with Crippen molar-refractivity contribution >= 4 is 11.9 Å². The van der Waals surface area contributed by atoms with Gasteiger partial charge in [-0.05, 0) is 32.6 Å². The second-order valence-electron chi connectivity index (χ2n) is 5.56. The van der Waals surface area contributed by atoms with E-state index in [9.17, 15) is 9.59 Å². The molecule has 0 aliphatic carbocycles. The molecule has 0 spiro atoms. The lowest BCUT2D eigenvalue weighted by Gasteiger charge is -2.15. The van der Waals surface area contributed by atoms with E-state index in [2.05, 4.69) is 26.1 Å². The van der Waals surface area contributed by atoms with Crippen LogP contribution in [-0.4, -0.2) is 37.2 Å². The van der Waals surface area contributed by atoms with E-state index in [1.165, 1.54) is 0 Å². The molecule has 0 aromatic heterocycles. The first-order valence-corrected chi connectivity index (χ1v) is 7.44. The summed E-state index contributed by atoms with van der Waals surface area (Å²) in [5.41, 5.74) is 0. The number of hydrogen-bond donors (Lipinski definition) is 1. The van der Waals surface area contributed by atoms with Crippen LogP contribution in [0.3, 0.4) is 0 Å². The van der Waals surface area contributed by atoms with Crippen LogP contribution in [0.2, 0.25) is 0 Å². The minimum atomic E-state index is -0.630. The van der Waals surface area contributed by atoms with E-state index in [-0.39, 0.29) is 18.6 Å². The molecule has 0 rings (SSSR count). The summed E-state index contributed by atoms with van der Waals surface area (Å²) in [7, 11) is 0. The second-order valence-corrected chi connectivity index (χ2v) is 5.56. The van der Waals surface area contributed by atoms with Crippen molar-refractivity contribution in [1.29, 1.82) is 0 Å². The zero-order chi connectivity index (χ0) is 15.5. The van der Waals surface area contributed by atoms with Crippen molar-refractivity contribution in [3.8, 4) is 0 Å². The first-order valence-electron chi connectivity index (χ1n) is 7.44. The van der Waals surface area contributed by atoms with Crippen molar-refractivity contribution in [1.82, 2.24) is 5.32 Å². The molecule has 0 radical (unpaired) electrons. The Bertz CT molecular complexity index is 292. The molecule has 0 saturated carbocycles. The summed E-state index contributed by atoms with van der Waals surface area (Å²) >= 11 is 0. The van der Waals surface area contributed by atoms with Gasteiger partial charge in [0.15, 0.2) is 12.7 Å². The molecule has 5 heteroatoms. The molecule has 1 N–H and O–H groups in total. The molecule has 0 aromatic rings. The maximum Gasteiger partial charge on any atom is 0.335 e. The van der Waals surface area contributed by atoms with E-state index in [0.717, 1.165) is 19.3 Å². The summed E-state index contributed by atoms with van der Waals surface area (Å²) in [5.74, 6) is -0.232. The number of nitrogens with one attached hydrogen (secondary N) is 1. The van der Waals surface area contributed by atoms with Crippen LogP contribution in [0.5, 0.6) is 0 Å². The Labute approximate surface area is 122 Å². The summed E-state index contributed by atoms with van der Waals surface area (Å²) in [5, 5.41) is 2.78. The molecule has 5 nitrogen and oxygen atoms in total. The van der Waals surface area contributed by atoms with Gasteiger partial charge in [0, 0.05) is 12.6 Å². The third-order valence-corrected chi connectivity index (χ3v) is 2.87. The molecular weight excluding hydrogens is 258 g/mol. The van der Waals surface area contributed by atoms with Gasteiger partial charge in [0.25, 0.3) is 5.91 Å². The number of amides is 1. The van der Waals surface area contributed by atoms with Gasteiger partial charge in [-0.15, -0.1) is 0 Å². The number of ether oxygens (including phenoxy) is 2. The normalized spacial score (nSPS) is 13.9.